The summed E-state index contributed by atoms with van der Waals surface area (Å²) in [6.07, 6.45) is 4.18. The Labute approximate surface area is 184 Å². The summed E-state index contributed by atoms with van der Waals surface area (Å²) in [7, 11) is 0. The summed E-state index contributed by atoms with van der Waals surface area (Å²) in [4.78, 5) is 15.5. The van der Waals surface area contributed by atoms with Crippen molar-refractivity contribution in [2.45, 2.75) is 44.6 Å². The van der Waals surface area contributed by atoms with Crippen molar-refractivity contribution >= 4 is 17.5 Å². The second-order valence-electron chi connectivity index (χ2n) is 8.58. The minimum absolute atomic E-state index is 0.170. The van der Waals surface area contributed by atoms with Gasteiger partial charge in [-0.1, -0.05) is 41.9 Å². The van der Waals surface area contributed by atoms with Crippen LogP contribution >= 0.6 is 11.6 Å². The molecule has 2 fully saturated rings. The molecule has 4 rings (SSSR count). The average molecular weight is 427 g/mol. The average Bonchev–Trinajstić information content (AvgIpc) is 3.57. The number of hydrogen-bond donors (Lipinski definition) is 1. The lowest BCUT2D eigenvalue weighted by Crippen LogP contribution is -2.43. The number of halogens is 1. The molecule has 0 aromatic heterocycles. The molecule has 5 heteroatoms. The van der Waals surface area contributed by atoms with Crippen LogP contribution in [0.4, 0.5) is 0 Å². The predicted molar refractivity (Wildman–Crippen MR) is 121 cm³/mol. The Morgan fingerprint density at radius 2 is 1.97 bits per heavy atom. The van der Waals surface area contributed by atoms with Crippen molar-refractivity contribution in [3.8, 4) is 5.75 Å². The minimum atomic E-state index is -0.338. The number of carbonyl (C=O) groups excluding carboxylic acids is 1. The quantitative estimate of drug-likeness (QED) is 0.659. The fourth-order valence-electron chi connectivity index (χ4n) is 4.58. The Bertz CT molecular complexity index is 864. The van der Waals surface area contributed by atoms with Gasteiger partial charge in [-0.2, -0.15) is 0 Å². The minimum Gasteiger partial charge on any atom is -0.494 e. The maximum absolute atomic E-state index is 13.0. The lowest BCUT2D eigenvalue weighted by Gasteiger charge is -2.33. The van der Waals surface area contributed by atoms with Gasteiger partial charge in [0.1, 0.15) is 5.75 Å². The molecule has 1 saturated carbocycles. The van der Waals surface area contributed by atoms with Crippen LogP contribution in [0.25, 0.3) is 0 Å². The lowest BCUT2D eigenvalue weighted by atomic mass is 9.93. The number of nitrogens with zero attached hydrogens (tertiary/aromatic N) is 1. The number of benzene rings is 2. The van der Waals surface area contributed by atoms with Gasteiger partial charge in [0.2, 0.25) is 5.91 Å². The van der Waals surface area contributed by atoms with Gasteiger partial charge in [0.05, 0.1) is 12.0 Å². The highest BCUT2D eigenvalue weighted by atomic mass is 35.5. The van der Waals surface area contributed by atoms with E-state index in [2.05, 4.69) is 22.3 Å². The van der Waals surface area contributed by atoms with E-state index in [0.717, 1.165) is 56.8 Å². The van der Waals surface area contributed by atoms with Gasteiger partial charge in [-0.05, 0) is 68.8 Å². The second-order valence-corrected chi connectivity index (χ2v) is 9.02. The van der Waals surface area contributed by atoms with Crippen molar-refractivity contribution in [1.29, 1.82) is 0 Å². The predicted octanol–water partition coefficient (Wildman–Crippen LogP) is 4.80. The molecule has 0 unspecified atom stereocenters. The van der Waals surface area contributed by atoms with Crippen LogP contribution in [0.1, 0.15) is 43.7 Å². The van der Waals surface area contributed by atoms with Crippen LogP contribution in [-0.4, -0.2) is 37.0 Å². The summed E-state index contributed by atoms with van der Waals surface area (Å²) in [5.74, 6) is 1.64. The van der Waals surface area contributed by atoms with Crippen molar-refractivity contribution in [2.24, 2.45) is 5.92 Å². The number of likely N-dealkylation sites (tertiary alicyclic amines) is 1. The number of rotatable bonds is 8. The van der Waals surface area contributed by atoms with Crippen LogP contribution in [-0.2, 0) is 16.8 Å². The number of nitrogens with one attached hydrogen (secondary N) is 1. The van der Waals surface area contributed by atoms with Crippen LogP contribution in [0.5, 0.6) is 5.75 Å². The Kier molecular flexibility index (Phi) is 6.64. The summed E-state index contributed by atoms with van der Waals surface area (Å²) in [6, 6.07) is 16.0. The van der Waals surface area contributed by atoms with Gasteiger partial charge in [0, 0.05) is 30.2 Å². The van der Waals surface area contributed by atoms with Gasteiger partial charge in [0.15, 0.2) is 0 Å². The van der Waals surface area contributed by atoms with Crippen molar-refractivity contribution in [3.05, 3.63) is 64.7 Å². The van der Waals surface area contributed by atoms with Crippen molar-refractivity contribution in [3.63, 3.8) is 0 Å². The van der Waals surface area contributed by atoms with Crippen LogP contribution < -0.4 is 10.1 Å². The first-order chi connectivity index (χ1) is 14.6. The number of hydrogen-bond acceptors (Lipinski definition) is 3. The van der Waals surface area contributed by atoms with Gasteiger partial charge in [-0.25, -0.2) is 0 Å². The molecule has 160 valence electrons. The molecular formula is C25H31ClN2O2. The van der Waals surface area contributed by atoms with E-state index in [1.807, 2.05) is 43.3 Å². The standard InChI is InChI=1S/C25H31ClN2O2/c1-2-30-23-8-4-3-7-20(23)18-28-15-5-6-19(17-28)16-27-24(29)25(13-14-25)21-9-11-22(26)12-10-21/h3-4,7-12,19H,2,5-6,13-18H2,1H3,(H,27,29)/t19-/m1/s1. The fourth-order valence-corrected chi connectivity index (χ4v) is 4.71. The molecule has 1 N–H and O–H groups in total. The largest absolute Gasteiger partial charge is 0.494 e. The molecule has 1 saturated heterocycles. The van der Waals surface area contributed by atoms with Crippen LogP contribution in [0, 0.1) is 5.92 Å². The zero-order valence-corrected chi connectivity index (χ0v) is 18.5. The molecule has 1 aliphatic carbocycles. The third kappa shape index (κ3) is 4.81. The molecular weight excluding hydrogens is 396 g/mol. The second kappa shape index (κ2) is 9.40. The number of para-hydroxylation sites is 1. The number of piperidine rings is 1. The van der Waals surface area contributed by atoms with Crippen molar-refractivity contribution in [2.75, 3.05) is 26.2 Å². The Balaban J connectivity index is 1.31. The molecule has 1 atom stereocenters. The van der Waals surface area contributed by atoms with Gasteiger partial charge in [-0.3, -0.25) is 9.69 Å². The monoisotopic (exact) mass is 426 g/mol. The molecule has 1 heterocycles. The topological polar surface area (TPSA) is 41.6 Å². The van der Waals surface area contributed by atoms with E-state index in [4.69, 9.17) is 16.3 Å². The van der Waals surface area contributed by atoms with E-state index in [1.165, 1.54) is 12.0 Å². The van der Waals surface area contributed by atoms with E-state index < -0.39 is 0 Å². The maximum Gasteiger partial charge on any atom is 0.230 e. The van der Waals surface area contributed by atoms with E-state index in [0.29, 0.717) is 17.5 Å². The van der Waals surface area contributed by atoms with E-state index in [-0.39, 0.29) is 11.3 Å². The first-order valence-electron chi connectivity index (χ1n) is 11.1. The van der Waals surface area contributed by atoms with Gasteiger partial charge >= 0.3 is 0 Å². The highest BCUT2D eigenvalue weighted by Crippen LogP contribution is 2.48. The van der Waals surface area contributed by atoms with E-state index >= 15 is 0 Å². The molecule has 2 aromatic carbocycles. The molecule has 2 aromatic rings. The first-order valence-corrected chi connectivity index (χ1v) is 11.5. The molecule has 1 aliphatic heterocycles. The summed E-state index contributed by atoms with van der Waals surface area (Å²) in [6.45, 7) is 6.45. The zero-order valence-electron chi connectivity index (χ0n) is 17.7. The Hall–Kier alpha value is -2.04. The molecule has 0 radical (unpaired) electrons. The van der Waals surface area contributed by atoms with Gasteiger partial charge in [-0.15, -0.1) is 0 Å². The zero-order chi connectivity index (χ0) is 21.0. The normalized spacial score (nSPS) is 20.5. The SMILES string of the molecule is CCOc1ccccc1CN1CCC[C@H](CNC(=O)C2(c3ccc(Cl)cc3)CC2)C1. The molecule has 0 bridgehead atoms. The third-order valence-electron chi connectivity index (χ3n) is 6.40. The fraction of sp³-hybridized carbons (Fsp3) is 0.480. The van der Waals surface area contributed by atoms with E-state index in [1.54, 1.807) is 0 Å². The molecule has 30 heavy (non-hydrogen) atoms. The summed E-state index contributed by atoms with van der Waals surface area (Å²) in [5.41, 5.74) is 1.99. The Morgan fingerprint density at radius 3 is 2.70 bits per heavy atom. The molecule has 0 spiro atoms. The lowest BCUT2D eigenvalue weighted by molar-refractivity contribution is -0.123. The van der Waals surface area contributed by atoms with Crippen LogP contribution in [0.15, 0.2) is 48.5 Å². The van der Waals surface area contributed by atoms with Crippen molar-refractivity contribution < 1.29 is 9.53 Å². The summed E-state index contributed by atoms with van der Waals surface area (Å²) < 4.78 is 5.79. The Morgan fingerprint density at radius 1 is 1.20 bits per heavy atom. The summed E-state index contributed by atoms with van der Waals surface area (Å²) in [5, 5.41) is 3.97. The highest BCUT2D eigenvalue weighted by Gasteiger charge is 2.51. The first kappa shape index (κ1) is 21.2. The summed E-state index contributed by atoms with van der Waals surface area (Å²) >= 11 is 6.01. The third-order valence-corrected chi connectivity index (χ3v) is 6.65. The highest BCUT2D eigenvalue weighted by molar-refractivity contribution is 6.30. The van der Waals surface area contributed by atoms with Crippen LogP contribution in [0.3, 0.4) is 0 Å². The number of carbonyl (C=O) groups is 1. The molecule has 4 nitrogen and oxygen atoms in total. The van der Waals surface area contributed by atoms with Crippen molar-refractivity contribution in [1.82, 2.24) is 10.2 Å². The molecule has 1 amide bonds. The van der Waals surface area contributed by atoms with Gasteiger partial charge < -0.3 is 10.1 Å². The number of ether oxygens (including phenoxy) is 1. The van der Waals surface area contributed by atoms with Crippen LogP contribution in [0.2, 0.25) is 5.02 Å². The maximum atomic E-state index is 13.0. The van der Waals surface area contributed by atoms with Gasteiger partial charge in [0.25, 0.3) is 0 Å². The molecule has 2 aliphatic rings. The number of amides is 1. The van der Waals surface area contributed by atoms with E-state index in [9.17, 15) is 4.79 Å². The smallest absolute Gasteiger partial charge is 0.230 e.